The van der Waals surface area contributed by atoms with Crippen LogP contribution >= 0.6 is 11.3 Å². The Morgan fingerprint density at radius 3 is 2.55 bits per heavy atom. The van der Waals surface area contributed by atoms with Gasteiger partial charge in [-0.15, -0.1) is 11.3 Å². The number of ether oxygens (including phenoxy) is 1. The summed E-state index contributed by atoms with van der Waals surface area (Å²) >= 11 is 1.22. The van der Waals surface area contributed by atoms with Gasteiger partial charge in [0.05, 0.1) is 11.3 Å². The second kappa shape index (κ2) is 9.01. The molecule has 0 bridgehead atoms. The zero-order chi connectivity index (χ0) is 21.8. The first-order valence-electron chi connectivity index (χ1n) is 9.19. The van der Waals surface area contributed by atoms with Crippen LogP contribution in [0.2, 0.25) is 0 Å². The molecule has 1 N–H and O–H groups in total. The smallest absolute Gasteiger partial charge is 0.275 e. The molecule has 0 fully saturated rings. The van der Waals surface area contributed by atoms with E-state index in [4.69, 9.17) is 4.74 Å². The number of halogens is 3. The van der Waals surface area contributed by atoms with Crippen LogP contribution in [0.3, 0.4) is 0 Å². The second-order valence-electron chi connectivity index (χ2n) is 6.49. The van der Waals surface area contributed by atoms with Gasteiger partial charge in [0.1, 0.15) is 40.5 Å². The third-order valence-corrected chi connectivity index (χ3v) is 5.25. The molecule has 1 heterocycles. The molecule has 4 rings (SSSR count). The number of benzene rings is 3. The summed E-state index contributed by atoms with van der Waals surface area (Å²) in [5, 5.41) is 4.56. The number of rotatable bonds is 6. The number of nitrogens with one attached hydrogen (secondary N) is 1. The first kappa shape index (κ1) is 20.6. The van der Waals surface area contributed by atoms with Crippen LogP contribution in [-0.4, -0.2) is 10.9 Å². The predicted molar refractivity (Wildman–Crippen MR) is 113 cm³/mol. The highest BCUT2D eigenvalue weighted by Gasteiger charge is 2.16. The van der Waals surface area contributed by atoms with Crippen LogP contribution in [0, 0.1) is 17.5 Å². The molecule has 4 aromatic rings. The average molecular weight is 440 g/mol. The van der Waals surface area contributed by atoms with Crippen molar-refractivity contribution < 1.29 is 22.7 Å². The Morgan fingerprint density at radius 1 is 0.968 bits per heavy atom. The van der Waals surface area contributed by atoms with Crippen molar-refractivity contribution in [3.05, 3.63) is 101 Å². The minimum atomic E-state index is -0.696. The van der Waals surface area contributed by atoms with Crippen LogP contribution in [0.25, 0.3) is 10.6 Å². The van der Waals surface area contributed by atoms with Crippen molar-refractivity contribution in [1.29, 1.82) is 0 Å². The maximum absolute atomic E-state index is 13.9. The molecule has 0 atom stereocenters. The van der Waals surface area contributed by atoms with Gasteiger partial charge in [-0.3, -0.25) is 4.79 Å². The summed E-state index contributed by atoms with van der Waals surface area (Å²) in [6.45, 7) is -0.102. The summed E-state index contributed by atoms with van der Waals surface area (Å²) in [6.07, 6.45) is 0. The van der Waals surface area contributed by atoms with Gasteiger partial charge in [0.15, 0.2) is 0 Å². The SMILES string of the molecule is O=C(Nc1ccccc1F)c1csc(-c2ccccc2OCc2ccc(F)cc2F)n1. The number of amides is 1. The molecule has 4 nitrogen and oxygen atoms in total. The molecule has 0 aliphatic heterocycles. The first-order chi connectivity index (χ1) is 15.0. The van der Waals surface area contributed by atoms with Crippen molar-refractivity contribution >= 4 is 22.9 Å². The molecule has 31 heavy (non-hydrogen) atoms. The van der Waals surface area contributed by atoms with E-state index < -0.39 is 23.4 Å². The normalized spacial score (nSPS) is 10.7. The maximum Gasteiger partial charge on any atom is 0.275 e. The van der Waals surface area contributed by atoms with E-state index in [0.29, 0.717) is 16.3 Å². The van der Waals surface area contributed by atoms with Crippen molar-refractivity contribution in [2.75, 3.05) is 5.32 Å². The highest BCUT2D eigenvalue weighted by atomic mass is 32.1. The molecular weight excluding hydrogens is 425 g/mol. The predicted octanol–water partition coefficient (Wildman–Crippen LogP) is 6.06. The van der Waals surface area contributed by atoms with Gasteiger partial charge in [-0.2, -0.15) is 0 Å². The molecule has 8 heteroatoms. The van der Waals surface area contributed by atoms with E-state index in [0.717, 1.165) is 12.1 Å². The number of anilines is 1. The third-order valence-electron chi connectivity index (χ3n) is 4.37. The van der Waals surface area contributed by atoms with Crippen LogP contribution in [0.15, 0.2) is 72.1 Å². The Bertz CT molecular complexity index is 1240. The van der Waals surface area contributed by atoms with Crippen LogP contribution in [0.4, 0.5) is 18.9 Å². The minimum Gasteiger partial charge on any atom is -0.488 e. The number of carbonyl (C=O) groups is 1. The van der Waals surface area contributed by atoms with Crippen molar-refractivity contribution in [2.45, 2.75) is 6.61 Å². The molecule has 0 spiro atoms. The second-order valence-corrected chi connectivity index (χ2v) is 7.35. The standard InChI is InChI=1S/C23H15F3N2O2S/c24-15-10-9-14(18(26)11-15)12-30-21-8-4-1-5-16(21)23-28-20(13-31-23)22(29)27-19-7-3-2-6-17(19)25/h1-11,13H,12H2,(H,27,29). The van der Waals surface area contributed by atoms with Crippen LogP contribution in [-0.2, 0) is 6.61 Å². The van der Waals surface area contributed by atoms with Crippen molar-refractivity contribution in [3.8, 4) is 16.3 Å². The minimum absolute atomic E-state index is 0.0621. The fourth-order valence-electron chi connectivity index (χ4n) is 2.81. The summed E-state index contributed by atoms with van der Waals surface area (Å²) in [5.41, 5.74) is 1.01. The number of hydrogen-bond acceptors (Lipinski definition) is 4. The van der Waals surface area contributed by atoms with E-state index in [1.807, 2.05) is 0 Å². The molecule has 0 radical (unpaired) electrons. The van der Waals surface area contributed by atoms with Gasteiger partial charge in [-0.1, -0.05) is 24.3 Å². The van der Waals surface area contributed by atoms with Crippen molar-refractivity contribution in [1.82, 2.24) is 4.98 Å². The number of para-hydroxylation sites is 2. The number of thiazole rings is 1. The zero-order valence-corrected chi connectivity index (χ0v) is 16.8. The number of nitrogens with zero attached hydrogens (tertiary/aromatic N) is 1. The topological polar surface area (TPSA) is 51.2 Å². The fourth-order valence-corrected chi connectivity index (χ4v) is 3.64. The van der Waals surface area contributed by atoms with Gasteiger partial charge in [0.25, 0.3) is 5.91 Å². The van der Waals surface area contributed by atoms with E-state index in [-0.39, 0.29) is 23.6 Å². The Hall–Kier alpha value is -3.65. The molecule has 1 aromatic heterocycles. The van der Waals surface area contributed by atoms with E-state index in [2.05, 4.69) is 10.3 Å². The van der Waals surface area contributed by atoms with E-state index in [9.17, 15) is 18.0 Å². The number of carbonyl (C=O) groups excluding carboxylic acids is 1. The van der Waals surface area contributed by atoms with Gasteiger partial charge in [0.2, 0.25) is 0 Å². The fraction of sp³-hybridized carbons (Fsp3) is 0.0435. The molecule has 0 unspecified atom stereocenters. The van der Waals surface area contributed by atoms with Gasteiger partial charge in [0, 0.05) is 17.0 Å². The highest BCUT2D eigenvalue weighted by molar-refractivity contribution is 7.13. The largest absolute Gasteiger partial charge is 0.488 e. The lowest BCUT2D eigenvalue weighted by Crippen LogP contribution is -2.13. The van der Waals surface area contributed by atoms with E-state index in [1.165, 1.54) is 35.6 Å². The summed E-state index contributed by atoms with van der Waals surface area (Å²) in [6, 6.07) is 16.1. The molecule has 0 aliphatic rings. The van der Waals surface area contributed by atoms with Crippen LogP contribution in [0.1, 0.15) is 16.1 Å². The van der Waals surface area contributed by atoms with Gasteiger partial charge in [-0.25, -0.2) is 18.2 Å². The van der Waals surface area contributed by atoms with Crippen molar-refractivity contribution in [3.63, 3.8) is 0 Å². The summed E-state index contributed by atoms with van der Waals surface area (Å²) in [5.74, 6) is -2.01. The zero-order valence-electron chi connectivity index (χ0n) is 15.9. The quantitative estimate of drug-likeness (QED) is 0.397. The number of aromatic nitrogens is 1. The Morgan fingerprint density at radius 2 is 1.74 bits per heavy atom. The van der Waals surface area contributed by atoms with Gasteiger partial charge < -0.3 is 10.1 Å². The molecule has 3 aromatic carbocycles. The summed E-state index contributed by atoms with van der Waals surface area (Å²) in [7, 11) is 0. The third kappa shape index (κ3) is 4.75. The van der Waals surface area contributed by atoms with E-state index in [1.54, 1.807) is 35.7 Å². The van der Waals surface area contributed by atoms with Crippen LogP contribution in [0.5, 0.6) is 5.75 Å². The molecule has 0 aliphatic carbocycles. The molecule has 0 saturated heterocycles. The Balaban J connectivity index is 1.52. The lowest BCUT2D eigenvalue weighted by molar-refractivity contribution is 0.102. The van der Waals surface area contributed by atoms with Gasteiger partial charge in [-0.05, 0) is 36.4 Å². The number of hydrogen-bond donors (Lipinski definition) is 1. The van der Waals surface area contributed by atoms with Gasteiger partial charge >= 0.3 is 0 Å². The van der Waals surface area contributed by atoms with Crippen molar-refractivity contribution in [2.24, 2.45) is 0 Å². The highest BCUT2D eigenvalue weighted by Crippen LogP contribution is 2.33. The lowest BCUT2D eigenvalue weighted by atomic mass is 10.2. The summed E-state index contributed by atoms with van der Waals surface area (Å²) in [4.78, 5) is 16.8. The molecular formula is C23H15F3N2O2S. The summed E-state index contributed by atoms with van der Waals surface area (Å²) < 4.78 is 46.5. The molecule has 0 saturated carbocycles. The maximum atomic E-state index is 13.9. The van der Waals surface area contributed by atoms with E-state index >= 15 is 0 Å². The molecule has 1 amide bonds. The lowest BCUT2D eigenvalue weighted by Gasteiger charge is -2.10. The molecule has 156 valence electrons. The monoisotopic (exact) mass is 440 g/mol. The Kier molecular flexibility index (Phi) is 5.99. The average Bonchev–Trinajstić information content (AvgIpc) is 3.25. The first-order valence-corrected chi connectivity index (χ1v) is 10.1. The van der Waals surface area contributed by atoms with Crippen LogP contribution < -0.4 is 10.1 Å². The Labute approximate surface area is 180 Å².